The van der Waals surface area contributed by atoms with Crippen LogP contribution in [0.15, 0.2) is 23.7 Å². The van der Waals surface area contributed by atoms with Crippen molar-refractivity contribution in [2.45, 2.75) is 0 Å². The number of fused-ring (bicyclic) bond motifs is 1. The van der Waals surface area contributed by atoms with Crippen molar-refractivity contribution in [1.29, 1.82) is 0 Å². The zero-order valence-electron chi connectivity index (χ0n) is 5.65. The summed E-state index contributed by atoms with van der Waals surface area (Å²) in [5.74, 6) is 0. The van der Waals surface area contributed by atoms with E-state index in [-0.39, 0.29) is 0 Å². The molecule has 2 rings (SSSR count). The second-order valence-electron chi connectivity index (χ2n) is 2.19. The first kappa shape index (κ1) is 6.49. The van der Waals surface area contributed by atoms with Gasteiger partial charge in [0.2, 0.25) is 0 Å². The van der Waals surface area contributed by atoms with Gasteiger partial charge in [-0.15, -0.1) is 11.3 Å². The minimum absolute atomic E-state index is 0.496. The second kappa shape index (κ2) is 2.43. The fraction of sp³-hybridized carbons (Fsp3) is 0. The fourth-order valence-electron chi connectivity index (χ4n) is 0.949. The van der Waals surface area contributed by atoms with Crippen molar-refractivity contribution in [1.82, 2.24) is 4.98 Å². The standard InChI is InChI=1S/C8H5NOS/c10-5-7-3-6-1-2-11-8(6)4-9-7/h1-5H. The summed E-state index contributed by atoms with van der Waals surface area (Å²) < 4.78 is 1.12. The molecule has 0 N–H and O–H groups in total. The van der Waals surface area contributed by atoms with Gasteiger partial charge in [-0.2, -0.15) is 0 Å². The molecule has 11 heavy (non-hydrogen) atoms. The van der Waals surface area contributed by atoms with Gasteiger partial charge in [0.05, 0.1) is 4.70 Å². The van der Waals surface area contributed by atoms with Gasteiger partial charge in [0.1, 0.15) is 5.69 Å². The summed E-state index contributed by atoms with van der Waals surface area (Å²) in [7, 11) is 0. The Hall–Kier alpha value is -1.22. The molecule has 54 valence electrons. The number of hydrogen-bond donors (Lipinski definition) is 0. The molecule has 2 aromatic heterocycles. The van der Waals surface area contributed by atoms with Gasteiger partial charge in [-0.25, -0.2) is 0 Å². The van der Waals surface area contributed by atoms with Crippen LogP contribution < -0.4 is 0 Å². The van der Waals surface area contributed by atoms with Crippen molar-refractivity contribution in [2.75, 3.05) is 0 Å². The summed E-state index contributed by atoms with van der Waals surface area (Å²) in [6.45, 7) is 0. The predicted molar refractivity (Wildman–Crippen MR) is 45.0 cm³/mol. The Balaban J connectivity index is 2.76. The Kier molecular flexibility index (Phi) is 1.43. The van der Waals surface area contributed by atoms with Crippen LogP contribution in [0.25, 0.3) is 10.1 Å². The third-order valence-electron chi connectivity index (χ3n) is 1.48. The van der Waals surface area contributed by atoms with E-state index in [9.17, 15) is 4.79 Å². The lowest BCUT2D eigenvalue weighted by atomic mass is 10.3. The van der Waals surface area contributed by atoms with Gasteiger partial charge < -0.3 is 0 Å². The van der Waals surface area contributed by atoms with E-state index in [0.717, 1.165) is 16.4 Å². The van der Waals surface area contributed by atoms with E-state index in [1.165, 1.54) is 0 Å². The maximum atomic E-state index is 10.3. The van der Waals surface area contributed by atoms with Crippen molar-refractivity contribution < 1.29 is 4.79 Å². The van der Waals surface area contributed by atoms with Gasteiger partial charge in [-0.05, 0) is 22.9 Å². The number of pyridine rings is 1. The molecule has 0 aliphatic heterocycles. The smallest absolute Gasteiger partial charge is 0.168 e. The molecule has 2 nitrogen and oxygen atoms in total. The SMILES string of the molecule is O=Cc1cc2ccsc2cn1. The lowest BCUT2D eigenvalue weighted by molar-refractivity contribution is 0.111. The highest BCUT2D eigenvalue weighted by molar-refractivity contribution is 7.17. The van der Waals surface area contributed by atoms with Crippen molar-refractivity contribution in [3.05, 3.63) is 29.4 Å². The minimum Gasteiger partial charge on any atom is -0.296 e. The molecule has 0 amide bonds. The molecule has 3 heteroatoms. The van der Waals surface area contributed by atoms with Crippen LogP contribution in [-0.2, 0) is 0 Å². The number of aromatic nitrogens is 1. The number of rotatable bonds is 1. The maximum Gasteiger partial charge on any atom is 0.168 e. The summed E-state index contributed by atoms with van der Waals surface area (Å²) in [6.07, 6.45) is 2.49. The molecule has 0 fully saturated rings. The Labute approximate surface area is 67.5 Å². The molecule has 0 saturated heterocycles. The Morgan fingerprint density at radius 2 is 2.45 bits per heavy atom. The molecule has 0 bridgehead atoms. The average molecular weight is 163 g/mol. The van der Waals surface area contributed by atoms with Crippen LogP contribution in [0, 0.1) is 0 Å². The van der Waals surface area contributed by atoms with Crippen LogP contribution in [0.3, 0.4) is 0 Å². The largest absolute Gasteiger partial charge is 0.296 e. The molecule has 0 atom stereocenters. The molecule has 0 radical (unpaired) electrons. The molecular weight excluding hydrogens is 158 g/mol. The monoisotopic (exact) mass is 163 g/mol. The summed E-state index contributed by atoms with van der Waals surface area (Å²) >= 11 is 1.63. The quantitative estimate of drug-likeness (QED) is 0.602. The molecular formula is C8H5NOS. The first-order valence-corrected chi connectivity index (χ1v) is 4.06. The van der Waals surface area contributed by atoms with Crippen molar-refractivity contribution in [2.24, 2.45) is 0 Å². The third kappa shape index (κ3) is 1.03. The lowest BCUT2D eigenvalue weighted by Gasteiger charge is -1.88. The summed E-state index contributed by atoms with van der Waals surface area (Å²) in [6, 6.07) is 3.77. The Morgan fingerprint density at radius 1 is 1.55 bits per heavy atom. The van der Waals surface area contributed by atoms with Gasteiger partial charge in [0.15, 0.2) is 6.29 Å². The lowest BCUT2D eigenvalue weighted by Crippen LogP contribution is -1.82. The van der Waals surface area contributed by atoms with E-state index in [0.29, 0.717) is 5.69 Å². The highest BCUT2D eigenvalue weighted by Gasteiger charge is 1.96. The van der Waals surface area contributed by atoms with Crippen LogP contribution in [0.2, 0.25) is 0 Å². The maximum absolute atomic E-state index is 10.3. The topological polar surface area (TPSA) is 30.0 Å². The molecule has 0 aliphatic carbocycles. The van der Waals surface area contributed by atoms with Crippen LogP contribution in [0.5, 0.6) is 0 Å². The normalized spacial score (nSPS) is 10.2. The fourth-order valence-corrected chi connectivity index (χ4v) is 1.69. The van der Waals surface area contributed by atoms with Crippen LogP contribution in [0.4, 0.5) is 0 Å². The molecule has 0 aromatic carbocycles. The summed E-state index contributed by atoms with van der Waals surface area (Å²) in [5.41, 5.74) is 0.496. The van der Waals surface area contributed by atoms with Gasteiger partial charge in [0, 0.05) is 6.20 Å². The van der Waals surface area contributed by atoms with E-state index < -0.39 is 0 Å². The molecule has 0 aliphatic rings. The van der Waals surface area contributed by atoms with Crippen molar-refractivity contribution >= 4 is 27.7 Å². The highest BCUT2D eigenvalue weighted by Crippen LogP contribution is 2.19. The number of nitrogens with zero attached hydrogens (tertiary/aromatic N) is 1. The zero-order valence-corrected chi connectivity index (χ0v) is 6.47. The third-order valence-corrected chi connectivity index (χ3v) is 2.35. The Bertz CT molecular complexity index is 394. The first-order valence-electron chi connectivity index (χ1n) is 3.18. The number of hydrogen-bond acceptors (Lipinski definition) is 3. The van der Waals surface area contributed by atoms with Crippen LogP contribution in [0.1, 0.15) is 10.5 Å². The molecule has 0 saturated carbocycles. The van der Waals surface area contributed by atoms with Crippen molar-refractivity contribution in [3.8, 4) is 0 Å². The molecule has 0 spiro atoms. The molecule has 0 unspecified atom stereocenters. The van der Waals surface area contributed by atoms with E-state index >= 15 is 0 Å². The number of carbonyl (C=O) groups excluding carboxylic acids is 1. The van der Waals surface area contributed by atoms with Gasteiger partial charge in [-0.3, -0.25) is 9.78 Å². The van der Waals surface area contributed by atoms with Crippen LogP contribution >= 0.6 is 11.3 Å². The average Bonchev–Trinajstić information content (AvgIpc) is 2.50. The number of thiophene rings is 1. The van der Waals surface area contributed by atoms with Crippen LogP contribution in [-0.4, -0.2) is 11.3 Å². The Morgan fingerprint density at radius 3 is 3.27 bits per heavy atom. The first-order chi connectivity index (χ1) is 5.40. The molecule has 2 aromatic rings. The summed E-state index contributed by atoms with van der Waals surface area (Å²) in [5, 5.41) is 3.08. The van der Waals surface area contributed by atoms with Gasteiger partial charge in [-0.1, -0.05) is 0 Å². The molecule has 2 heterocycles. The van der Waals surface area contributed by atoms with Gasteiger partial charge in [0.25, 0.3) is 0 Å². The van der Waals surface area contributed by atoms with Crippen molar-refractivity contribution in [3.63, 3.8) is 0 Å². The zero-order chi connectivity index (χ0) is 7.68. The predicted octanol–water partition coefficient (Wildman–Crippen LogP) is 2.11. The number of carbonyl (C=O) groups is 1. The number of aldehydes is 1. The highest BCUT2D eigenvalue weighted by atomic mass is 32.1. The van der Waals surface area contributed by atoms with E-state index in [2.05, 4.69) is 4.98 Å². The van der Waals surface area contributed by atoms with E-state index in [4.69, 9.17) is 0 Å². The second-order valence-corrected chi connectivity index (χ2v) is 3.13. The summed E-state index contributed by atoms with van der Waals surface area (Å²) in [4.78, 5) is 14.3. The van der Waals surface area contributed by atoms with E-state index in [1.807, 2.05) is 11.4 Å². The van der Waals surface area contributed by atoms with Gasteiger partial charge >= 0.3 is 0 Å². The van der Waals surface area contributed by atoms with E-state index in [1.54, 1.807) is 23.6 Å². The minimum atomic E-state index is 0.496.